The molecule has 0 aromatic heterocycles. The molecule has 47 heavy (non-hydrogen) atoms. The summed E-state index contributed by atoms with van der Waals surface area (Å²) in [5, 5.41) is 18.3. The molecule has 0 fully saturated rings. The van der Waals surface area contributed by atoms with Crippen LogP contribution in [0.2, 0.25) is 0 Å². The molecule has 6 nitrogen and oxygen atoms in total. The van der Waals surface area contributed by atoms with E-state index in [1.807, 2.05) is 0 Å². The van der Waals surface area contributed by atoms with Crippen molar-refractivity contribution in [3.63, 3.8) is 0 Å². The number of benzene rings is 4. The van der Waals surface area contributed by atoms with Crippen LogP contribution in [0.15, 0.2) is 72.8 Å². The molecule has 0 aliphatic carbocycles. The molecule has 0 heterocycles. The van der Waals surface area contributed by atoms with E-state index < -0.39 is 0 Å². The molecule has 0 spiro atoms. The zero-order valence-corrected chi connectivity index (χ0v) is 29.6. The molecule has 0 aliphatic rings. The summed E-state index contributed by atoms with van der Waals surface area (Å²) in [5.41, 5.74) is 14.6. The Bertz CT molecular complexity index is 1630. The standard InChI is InChI=1S/C41H50N6/c1-9-46(23-11-21-42)36-17-19-38(30(3)25-36)40-28-34(44(5)6)15-13-32(40)27-33-14-16-35(45(7)8)29-41(33)39-20-18-37(26-31(39)4)47(10-2)24-12-22-43/h13-20,25-26,28-29H,9-12,23-24,27H2,1-8H3. The van der Waals surface area contributed by atoms with Gasteiger partial charge in [-0.25, -0.2) is 0 Å². The van der Waals surface area contributed by atoms with Gasteiger partial charge in [-0.15, -0.1) is 0 Å². The van der Waals surface area contributed by atoms with Gasteiger partial charge in [-0.3, -0.25) is 0 Å². The normalized spacial score (nSPS) is 10.7. The molecule has 0 unspecified atom stereocenters. The molecule has 4 aromatic carbocycles. The summed E-state index contributed by atoms with van der Waals surface area (Å²) in [6.45, 7) is 11.9. The zero-order valence-electron chi connectivity index (χ0n) is 29.6. The minimum atomic E-state index is 0.513. The van der Waals surface area contributed by atoms with Gasteiger partial charge in [-0.2, -0.15) is 10.5 Å². The summed E-state index contributed by atoms with van der Waals surface area (Å²) in [6.07, 6.45) is 1.82. The van der Waals surface area contributed by atoms with Crippen molar-refractivity contribution < 1.29 is 0 Å². The van der Waals surface area contributed by atoms with Crippen LogP contribution in [0.25, 0.3) is 22.3 Å². The number of anilines is 4. The lowest BCUT2D eigenvalue weighted by Gasteiger charge is -2.25. The van der Waals surface area contributed by atoms with Gasteiger partial charge < -0.3 is 19.6 Å². The highest BCUT2D eigenvalue weighted by molar-refractivity contribution is 5.80. The van der Waals surface area contributed by atoms with E-state index in [2.05, 4.69) is 160 Å². The van der Waals surface area contributed by atoms with E-state index in [9.17, 15) is 0 Å². The van der Waals surface area contributed by atoms with Crippen LogP contribution in [0.1, 0.15) is 48.9 Å². The Morgan fingerprint density at radius 1 is 0.511 bits per heavy atom. The van der Waals surface area contributed by atoms with Crippen LogP contribution in [-0.4, -0.2) is 54.4 Å². The summed E-state index contributed by atoms with van der Waals surface area (Å²) >= 11 is 0. The van der Waals surface area contributed by atoms with Gasteiger partial charge in [-0.1, -0.05) is 24.3 Å². The van der Waals surface area contributed by atoms with Gasteiger partial charge in [0.2, 0.25) is 0 Å². The van der Waals surface area contributed by atoms with Gasteiger partial charge in [0.25, 0.3) is 0 Å². The van der Waals surface area contributed by atoms with Crippen molar-refractivity contribution in [3.8, 4) is 34.4 Å². The number of nitriles is 2. The molecule has 244 valence electrons. The highest BCUT2D eigenvalue weighted by Crippen LogP contribution is 2.38. The van der Waals surface area contributed by atoms with Crippen molar-refractivity contribution in [1.29, 1.82) is 10.5 Å². The fourth-order valence-corrected chi connectivity index (χ4v) is 6.30. The van der Waals surface area contributed by atoms with Crippen molar-refractivity contribution in [2.75, 3.05) is 74.0 Å². The molecular weight excluding hydrogens is 576 g/mol. The average molecular weight is 627 g/mol. The number of rotatable bonds is 14. The third kappa shape index (κ3) is 8.27. The molecule has 0 saturated heterocycles. The highest BCUT2D eigenvalue weighted by Gasteiger charge is 2.17. The van der Waals surface area contributed by atoms with Crippen LogP contribution in [0, 0.1) is 36.5 Å². The summed E-state index contributed by atoms with van der Waals surface area (Å²) in [6, 6.07) is 31.7. The largest absolute Gasteiger partial charge is 0.378 e. The first-order chi connectivity index (χ1) is 22.6. The number of hydrogen-bond acceptors (Lipinski definition) is 6. The molecule has 4 aromatic rings. The monoisotopic (exact) mass is 626 g/mol. The average Bonchev–Trinajstić information content (AvgIpc) is 3.06. The van der Waals surface area contributed by atoms with Gasteiger partial charge >= 0.3 is 0 Å². The SMILES string of the molecule is CCN(CCC#N)c1ccc(-c2cc(N(C)C)ccc2Cc2ccc(N(C)C)cc2-c2ccc(N(CC)CCC#N)cc2C)c(C)c1. The summed E-state index contributed by atoms with van der Waals surface area (Å²) in [5.74, 6) is 0. The fraction of sp³-hybridized carbons (Fsp3) is 0.366. The Morgan fingerprint density at radius 3 is 1.21 bits per heavy atom. The van der Waals surface area contributed by atoms with Crippen molar-refractivity contribution in [2.24, 2.45) is 0 Å². The fourth-order valence-electron chi connectivity index (χ4n) is 6.30. The lowest BCUT2D eigenvalue weighted by atomic mass is 9.88. The topological polar surface area (TPSA) is 60.5 Å². The van der Waals surface area contributed by atoms with Crippen LogP contribution < -0.4 is 19.6 Å². The molecule has 0 N–H and O–H groups in total. The third-order valence-electron chi connectivity index (χ3n) is 9.08. The van der Waals surface area contributed by atoms with Crippen LogP contribution in [0.5, 0.6) is 0 Å². The van der Waals surface area contributed by atoms with E-state index in [1.54, 1.807) is 0 Å². The quantitative estimate of drug-likeness (QED) is 0.139. The lowest BCUT2D eigenvalue weighted by molar-refractivity contribution is 0.827. The number of nitrogens with zero attached hydrogens (tertiary/aromatic N) is 6. The van der Waals surface area contributed by atoms with Gasteiger partial charge in [0.1, 0.15) is 0 Å². The predicted molar refractivity (Wildman–Crippen MR) is 201 cm³/mol. The highest BCUT2D eigenvalue weighted by atomic mass is 15.1. The minimum Gasteiger partial charge on any atom is -0.378 e. The lowest BCUT2D eigenvalue weighted by Crippen LogP contribution is -2.23. The van der Waals surface area contributed by atoms with Crippen molar-refractivity contribution in [1.82, 2.24) is 0 Å². The van der Waals surface area contributed by atoms with E-state index in [0.717, 1.165) is 44.0 Å². The van der Waals surface area contributed by atoms with Gasteiger partial charge in [0, 0.05) is 77.1 Å². The Balaban J connectivity index is 1.81. The smallest absolute Gasteiger partial charge is 0.0640 e. The van der Waals surface area contributed by atoms with Crippen molar-refractivity contribution in [3.05, 3.63) is 95.1 Å². The molecule has 0 amide bonds. The van der Waals surface area contributed by atoms with Gasteiger partial charge in [-0.05, 0) is 127 Å². The molecule has 0 atom stereocenters. The van der Waals surface area contributed by atoms with E-state index in [-0.39, 0.29) is 0 Å². The summed E-state index contributed by atoms with van der Waals surface area (Å²) in [7, 11) is 8.36. The predicted octanol–water partition coefficient (Wildman–Crippen LogP) is 8.84. The molecule has 0 bridgehead atoms. The van der Waals surface area contributed by atoms with Crippen molar-refractivity contribution >= 4 is 22.7 Å². The van der Waals surface area contributed by atoms with Crippen LogP contribution in [-0.2, 0) is 6.42 Å². The third-order valence-corrected chi connectivity index (χ3v) is 9.08. The molecule has 0 aliphatic heterocycles. The number of aryl methyl sites for hydroxylation is 2. The molecule has 6 heteroatoms. The van der Waals surface area contributed by atoms with Gasteiger partial charge in [0.15, 0.2) is 0 Å². The van der Waals surface area contributed by atoms with E-state index >= 15 is 0 Å². The van der Waals surface area contributed by atoms with Crippen LogP contribution in [0.3, 0.4) is 0 Å². The molecular formula is C41H50N6. The Labute approximate surface area is 283 Å². The second-order valence-corrected chi connectivity index (χ2v) is 12.6. The maximum Gasteiger partial charge on any atom is 0.0640 e. The van der Waals surface area contributed by atoms with E-state index in [0.29, 0.717) is 12.8 Å². The first kappa shape index (κ1) is 34.9. The van der Waals surface area contributed by atoms with Gasteiger partial charge in [0.05, 0.1) is 25.0 Å². The molecule has 4 rings (SSSR count). The molecule has 0 saturated carbocycles. The maximum absolute atomic E-state index is 9.16. The van der Waals surface area contributed by atoms with Crippen molar-refractivity contribution in [2.45, 2.75) is 47.0 Å². The Morgan fingerprint density at radius 2 is 0.894 bits per heavy atom. The summed E-state index contributed by atoms with van der Waals surface area (Å²) in [4.78, 5) is 8.87. The number of hydrogen-bond donors (Lipinski definition) is 0. The molecule has 0 radical (unpaired) electrons. The summed E-state index contributed by atoms with van der Waals surface area (Å²) < 4.78 is 0. The second-order valence-electron chi connectivity index (χ2n) is 12.6. The van der Waals surface area contributed by atoms with E-state index in [1.165, 1.54) is 55.9 Å². The van der Waals surface area contributed by atoms with E-state index in [4.69, 9.17) is 10.5 Å². The second kappa shape index (κ2) is 16.1. The zero-order chi connectivity index (χ0) is 34.1. The maximum atomic E-state index is 9.16. The first-order valence-electron chi connectivity index (χ1n) is 16.7. The first-order valence-corrected chi connectivity index (χ1v) is 16.7. The minimum absolute atomic E-state index is 0.513. The van der Waals surface area contributed by atoms with Crippen LogP contribution >= 0.6 is 0 Å². The Hall–Kier alpha value is -4.94. The Kier molecular flexibility index (Phi) is 11.9. The van der Waals surface area contributed by atoms with Crippen LogP contribution in [0.4, 0.5) is 22.7 Å².